The van der Waals surface area contributed by atoms with Gasteiger partial charge in [-0.15, -0.1) is 0 Å². The third-order valence-electron chi connectivity index (χ3n) is 2.39. The van der Waals surface area contributed by atoms with E-state index in [1.807, 2.05) is 0 Å². The zero-order valence-electron chi connectivity index (χ0n) is 9.79. The quantitative estimate of drug-likeness (QED) is 0.820. The van der Waals surface area contributed by atoms with Crippen LogP contribution in [0.2, 0.25) is 0 Å². The second-order valence-electron chi connectivity index (χ2n) is 3.67. The minimum absolute atomic E-state index is 0.0363. The number of nitrogens with zero attached hydrogens (tertiary/aromatic N) is 2. The molecule has 1 N–H and O–H groups in total. The largest absolute Gasteiger partial charge is 0.478 e. The second-order valence-corrected chi connectivity index (χ2v) is 3.67. The van der Waals surface area contributed by atoms with E-state index < -0.39 is 5.97 Å². The van der Waals surface area contributed by atoms with Crippen LogP contribution in [0.4, 0.5) is 0 Å². The number of esters is 1. The summed E-state index contributed by atoms with van der Waals surface area (Å²) in [5, 5.41) is 9.01. The summed E-state index contributed by atoms with van der Waals surface area (Å²) in [7, 11) is 0. The molecule has 0 saturated heterocycles. The molecular weight excluding hydrogens is 236 g/mol. The van der Waals surface area contributed by atoms with Crippen molar-refractivity contribution < 1.29 is 19.4 Å². The van der Waals surface area contributed by atoms with Gasteiger partial charge in [0.25, 0.3) is 0 Å². The van der Waals surface area contributed by atoms with E-state index in [1.54, 1.807) is 29.8 Å². The predicted molar refractivity (Wildman–Crippen MR) is 62.5 cm³/mol. The molecule has 2 heterocycles. The van der Waals surface area contributed by atoms with E-state index in [-0.39, 0.29) is 18.0 Å². The lowest BCUT2D eigenvalue weighted by Crippen LogP contribution is -2.07. The lowest BCUT2D eigenvalue weighted by Gasteiger charge is -1.97. The first-order valence-electron chi connectivity index (χ1n) is 5.47. The van der Waals surface area contributed by atoms with Gasteiger partial charge in [0.15, 0.2) is 5.65 Å². The van der Waals surface area contributed by atoms with Gasteiger partial charge in [-0.05, 0) is 19.1 Å². The second kappa shape index (κ2) is 4.87. The fourth-order valence-electron chi connectivity index (χ4n) is 1.68. The van der Waals surface area contributed by atoms with Crippen LogP contribution in [0.1, 0.15) is 23.0 Å². The van der Waals surface area contributed by atoms with Crippen LogP contribution >= 0.6 is 0 Å². The predicted octanol–water partition coefficient (Wildman–Crippen LogP) is 1.14. The summed E-state index contributed by atoms with van der Waals surface area (Å²) in [5.41, 5.74) is 0.916. The molecule has 2 aromatic heterocycles. The number of imidazole rings is 1. The summed E-state index contributed by atoms with van der Waals surface area (Å²) in [5.74, 6) is -1.42. The molecule has 0 aliphatic heterocycles. The molecule has 0 amide bonds. The molecule has 0 spiro atoms. The van der Waals surface area contributed by atoms with Gasteiger partial charge >= 0.3 is 11.9 Å². The molecule has 2 rings (SSSR count). The number of fused-ring (bicyclic) bond motifs is 1. The Labute approximate surface area is 103 Å². The SMILES string of the molecule is CCOC(=O)Cc1cn2cccc(C(=O)O)c2n1. The Bertz CT molecular complexity index is 603. The van der Waals surface area contributed by atoms with Gasteiger partial charge in [-0.3, -0.25) is 4.79 Å². The van der Waals surface area contributed by atoms with Gasteiger partial charge in [-0.1, -0.05) is 0 Å². The third-order valence-corrected chi connectivity index (χ3v) is 2.39. The summed E-state index contributed by atoms with van der Waals surface area (Å²) >= 11 is 0. The summed E-state index contributed by atoms with van der Waals surface area (Å²) in [6.07, 6.45) is 3.34. The lowest BCUT2D eigenvalue weighted by atomic mass is 10.3. The van der Waals surface area contributed by atoms with Crippen LogP contribution in [0.5, 0.6) is 0 Å². The van der Waals surface area contributed by atoms with Crippen molar-refractivity contribution >= 4 is 17.6 Å². The standard InChI is InChI=1S/C12H12N2O4/c1-2-18-10(15)6-8-7-14-5-3-4-9(12(16)17)11(14)13-8/h3-5,7H,2,6H2,1H3,(H,16,17). The lowest BCUT2D eigenvalue weighted by molar-refractivity contribution is -0.142. The maximum atomic E-state index is 11.3. The Kier molecular flexibility index (Phi) is 3.27. The monoisotopic (exact) mass is 248 g/mol. The maximum absolute atomic E-state index is 11.3. The van der Waals surface area contributed by atoms with Crippen LogP contribution in [0, 0.1) is 0 Å². The molecule has 0 atom stereocenters. The van der Waals surface area contributed by atoms with Gasteiger partial charge in [-0.25, -0.2) is 9.78 Å². The van der Waals surface area contributed by atoms with Crippen LogP contribution in [0.25, 0.3) is 5.65 Å². The van der Waals surface area contributed by atoms with E-state index >= 15 is 0 Å². The molecule has 2 aromatic rings. The van der Waals surface area contributed by atoms with Gasteiger partial charge in [-0.2, -0.15) is 0 Å². The molecule has 18 heavy (non-hydrogen) atoms. The molecule has 0 unspecified atom stereocenters. The van der Waals surface area contributed by atoms with Gasteiger partial charge in [0.05, 0.1) is 18.7 Å². The van der Waals surface area contributed by atoms with Gasteiger partial charge in [0.2, 0.25) is 0 Å². The van der Waals surface area contributed by atoms with Crippen molar-refractivity contribution in [2.45, 2.75) is 13.3 Å². The number of ether oxygens (including phenoxy) is 1. The molecule has 0 aliphatic carbocycles. The van der Waals surface area contributed by atoms with E-state index in [0.29, 0.717) is 17.9 Å². The van der Waals surface area contributed by atoms with Crippen LogP contribution in [-0.4, -0.2) is 33.0 Å². The molecule has 94 valence electrons. The molecular formula is C12H12N2O4. The summed E-state index contributed by atoms with van der Waals surface area (Å²) in [6, 6.07) is 3.09. The summed E-state index contributed by atoms with van der Waals surface area (Å²) in [4.78, 5) is 26.5. The zero-order valence-corrected chi connectivity index (χ0v) is 9.79. The fraction of sp³-hybridized carbons (Fsp3) is 0.250. The fourth-order valence-corrected chi connectivity index (χ4v) is 1.68. The zero-order chi connectivity index (χ0) is 13.1. The Morgan fingerprint density at radius 2 is 2.28 bits per heavy atom. The molecule has 0 saturated carbocycles. The highest BCUT2D eigenvalue weighted by Gasteiger charge is 2.13. The van der Waals surface area contributed by atoms with Crippen molar-refractivity contribution in [2.24, 2.45) is 0 Å². The number of aromatic carboxylic acids is 1. The first-order chi connectivity index (χ1) is 8.61. The third kappa shape index (κ3) is 2.32. The molecule has 0 fully saturated rings. The highest BCUT2D eigenvalue weighted by atomic mass is 16.5. The van der Waals surface area contributed by atoms with E-state index in [9.17, 15) is 9.59 Å². The first-order valence-corrected chi connectivity index (χ1v) is 5.47. The first kappa shape index (κ1) is 12.1. The average Bonchev–Trinajstić information content (AvgIpc) is 2.70. The van der Waals surface area contributed by atoms with E-state index in [4.69, 9.17) is 9.84 Å². The number of hydrogen-bond acceptors (Lipinski definition) is 4. The highest BCUT2D eigenvalue weighted by molar-refractivity contribution is 5.94. The Hall–Kier alpha value is -2.37. The minimum atomic E-state index is -1.05. The molecule has 6 heteroatoms. The van der Waals surface area contributed by atoms with Crippen molar-refractivity contribution in [3.05, 3.63) is 35.8 Å². The van der Waals surface area contributed by atoms with Crippen molar-refractivity contribution in [2.75, 3.05) is 6.61 Å². The Balaban J connectivity index is 2.35. The minimum Gasteiger partial charge on any atom is -0.478 e. The number of hydrogen-bond donors (Lipinski definition) is 1. The Morgan fingerprint density at radius 3 is 2.94 bits per heavy atom. The number of carboxylic acid groups (broad SMARTS) is 1. The van der Waals surface area contributed by atoms with E-state index in [0.717, 1.165) is 0 Å². The van der Waals surface area contributed by atoms with Crippen molar-refractivity contribution in [3.63, 3.8) is 0 Å². The Morgan fingerprint density at radius 1 is 1.50 bits per heavy atom. The number of aromatic nitrogens is 2. The maximum Gasteiger partial charge on any atom is 0.339 e. The number of carbonyl (C=O) groups excluding carboxylic acids is 1. The van der Waals surface area contributed by atoms with Gasteiger partial charge in [0, 0.05) is 12.4 Å². The van der Waals surface area contributed by atoms with E-state index in [2.05, 4.69) is 4.98 Å². The topological polar surface area (TPSA) is 80.9 Å². The van der Waals surface area contributed by atoms with Gasteiger partial charge in [0.1, 0.15) is 5.56 Å². The number of carboxylic acids is 1. The number of rotatable bonds is 4. The average molecular weight is 248 g/mol. The highest BCUT2D eigenvalue weighted by Crippen LogP contribution is 2.12. The van der Waals surface area contributed by atoms with Gasteiger partial charge < -0.3 is 14.2 Å². The van der Waals surface area contributed by atoms with Crippen LogP contribution in [0.3, 0.4) is 0 Å². The normalized spacial score (nSPS) is 10.5. The molecule has 0 bridgehead atoms. The molecule has 0 radical (unpaired) electrons. The smallest absolute Gasteiger partial charge is 0.339 e. The summed E-state index contributed by atoms with van der Waals surface area (Å²) < 4.78 is 6.40. The molecule has 0 aromatic carbocycles. The van der Waals surface area contributed by atoms with Crippen LogP contribution in [0.15, 0.2) is 24.5 Å². The molecule has 0 aliphatic rings. The van der Waals surface area contributed by atoms with Crippen LogP contribution < -0.4 is 0 Å². The number of pyridine rings is 1. The van der Waals surface area contributed by atoms with Crippen molar-refractivity contribution in [3.8, 4) is 0 Å². The summed E-state index contributed by atoms with van der Waals surface area (Å²) in [6.45, 7) is 2.04. The van der Waals surface area contributed by atoms with E-state index in [1.165, 1.54) is 6.07 Å². The van der Waals surface area contributed by atoms with Crippen LogP contribution in [-0.2, 0) is 16.0 Å². The van der Waals surface area contributed by atoms with Crippen molar-refractivity contribution in [1.82, 2.24) is 9.38 Å². The molecule has 6 nitrogen and oxygen atoms in total. The number of carbonyl (C=O) groups is 2. The van der Waals surface area contributed by atoms with Crippen molar-refractivity contribution in [1.29, 1.82) is 0 Å².